The summed E-state index contributed by atoms with van der Waals surface area (Å²) < 4.78 is 9.13. The van der Waals surface area contributed by atoms with Gasteiger partial charge in [-0.3, -0.25) is 4.79 Å². The molecule has 1 amide bonds. The third-order valence-electron chi connectivity index (χ3n) is 4.29. The quantitative estimate of drug-likeness (QED) is 0.479. The van der Waals surface area contributed by atoms with E-state index >= 15 is 0 Å². The van der Waals surface area contributed by atoms with E-state index < -0.39 is 6.09 Å². The lowest BCUT2D eigenvalue weighted by Gasteiger charge is -2.43. The fraction of sp³-hybridized carbons (Fsp3) is 0.900. The number of ether oxygens (including phenoxy) is 2. The van der Waals surface area contributed by atoms with Crippen LogP contribution in [0.15, 0.2) is 0 Å². The topological polar surface area (TPSA) is 64.6 Å². The van der Waals surface area contributed by atoms with Crippen LogP contribution in [-0.4, -0.2) is 32.3 Å². The second-order valence-electron chi connectivity index (χ2n) is 9.25. The molecule has 0 saturated heterocycles. The van der Waals surface area contributed by atoms with Crippen LogP contribution < -0.4 is 5.32 Å². The third-order valence-corrected chi connectivity index (χ3v) is 4.29. The Kier molecular flexibility index (Phi) is 12.6. The summed E-state index contributed by atoms with van der Waals surface area (Å²) in [4.78, 5) is 20.5. The van der Waals surface area contributed by atoms with Gasteiger partial charge < -0.3 is 14.8 Å². The zero-order valence-corrected chi connectivity index (χ0v) is 18.0. The number of nitrogens with one attached hydrogen (secondary N) is 1. The lowest BCUT2D eigenvalue weighted by Crippen LogP contribution is -2.33. The Morgan fingerprint density at radius 3 is 1.92 bits per heavy atom. The first-order valence-corrected chi connectivity index (χ1v) is 9.22. The summed E-state index contributed by atoms with van der Waals surface area (Å²) in [5, 5.41) is 2.43. The Morgan fingerprint density at radius 2 is 1.56 bits per heavy atom. The van der Waals surface area contributed by atoms with E-state index in [1.807, 2.05) is 6.92 Å². The van der Waals surface area contributed by atoms with E-state index in [4.69, 9.17) is 4.74 Å². The molecular weight excluding hydrogens is 318 g/mol. The lowest BCUT2D eigenvalue weighted by atomic mass is 9.63. The van der Waals surface area contributed by atoms with Crippen molar-refractivity contribution in [1.29, 1.82) is 0 Å². The van der Waals surface area contributed by atoms with E-state index in [2.05, 4.69) is 65.4 Å². The molecule has 5 heteroatoms. The number of unbranched alkanes of at least 4 members (excludes halogenated alkanes) is 1. The molecule has 0 spiro atoms. The van der Waals surface area contributed by atoms with Gasteiger partial charge in [-0.2, -0.15) is 0 Å². The molecular formula is C20H41NO4. The zero-order valence-electron chi connectivity index (χ0n) is 18.0. The number of amides is 1. The molecule has 0 radical (unpaired) electrons. The molecule has 0 aliphatic rings. The average Bonchev–Trinajstić information content (AvgIpc) is 2.41. The van der Waals surface area contributed by atoms with Crippen LogP contribution in [0.5, 0.6) is 0 Å². The molecule has 0 bridgehead atoms. The van der Waals surface area contributed by atoms with Crippen molar-refractivity contribution in [2.24, 2.45) is 16.2 Å². The zero-order chi connectivity index (χ0) is 20.1. The van der Waals surface area contributed by atoms with E-state index in [0.717, 1.165) is 12.8 Å². The van der Waals surface area contributed by atoms with E-state index in [9.17, 15) is 9.59 Å². The lowest BCUT2D eigenvalue weighted by molar-refractivity contribution is -0.128. The summed E-state index contributed by atoms with van der Waals surface area (Å²) >= 11 is 0. The normalized spacial score (nSPS) is 11.9. The Bertz CT molecular complexity index is 365. The van der Waals surface area contributed by atoms with Crippen LogP contribution in [0.1, 0.15) is 81.6 Å². The van der Waals surface area contributed by atoms with Crippen molar-refractivity contribution in [2.45, 2.75) is 81.6 Å². The van der Waals surface area contributed by atoms with Gasteiger partial charge in [0.2, 0.25) is 0 Å². The molecule has 0 aliphatic carbocycles. The molecule has 25 heavy (non-hydrogen) atoms. The number of carbonyl (C=O) groups excluding carboxylic acids is 2. The van der Waals surface area contributed by atoms with Gasteiger partial charge in [0, 0.05) is 0 Å². The molecule has 0 aliphatic heterocycles. The molecule has 0 heterocycles. The van der Waals surface area contributed by atoms with E-state index in [1.165, 1.54) is 6.42 Å². The number of alkyl carbamates (subject to hydrolysis) is 1. The first-order valence-electron chi connectivity index (χ1n) is 9.22. The minimum atomic E-state index is -0.469. The van der Waals surface area contributed by atoms with Crippen molar-refractivity contribution in [3.05, 3.63) is 0 Å². The van der Waals surface area contributed by atoms with Crippen molar-refractivity contribution >= 4 is 12.6 Å². The van der Waals surface area contributed by atoms with E-state index in [0.29, 0.717) is 29.3 Å². The molecule has 0 rings (SSSR count). The second-order valence-corrected chi connectivity index (χ2v) is 9.25. The highest BCUT2D eigenvalue weighted by molar-refractivity contribution is 5.67. The van der Waals surface area contributed by atoms with Gasteiger partial charge in [0.1, 0.15) is 6.61 Å². The molecule has 1 N–H and O–H groups in total. The second kappa shape index (κ2) is 12.2. The van der Waals surface area contributed by atoms with Gasteiger partial charge in [0.05, 0.1) is 13.2 Å². The summed E-state index contributed by atoms with van der Waals surface area (Å²) in [6, 6.07) is 0. The van der Waals surface area contributed by atoms with Crippen LogP contribution in [0.2, 0.25) is 0 Å². The Labute approximate surface area is 155 Å². The van der Waals surface area contributed by atoms with Gasteiger partial charge in [-0.1, -0.05) is 68.7 Å². The fourth-order valence-corrected chi connectivity index (χ4v) is 2.21. The highest BCUT2D eigenvalue weighted by atomic mass is 16.5. The predicted molar refractivity (Wildman–Crippen MR) is 104 cm³/mol. The molecule has 0 aromatic rings. The van der Waals surface area contributed by atoms with Crippen LogP contribution in [0, 0.1) is 16.2 Å². The van der Waals surface area contributed by atoms with Gasteiger partial charge in [0.25, 0.3) is 6.47 Å². The predicted octanol–water partition coefficient (Wildman–Crippen LogP) is 5.18. The Hall–Kier alpha value is -1.26. The van der Waals surface area contributed by atoms with Gasteiger partial charge in [-0.05, 0) is 29.1 Å². The summed E-state index contributed by atoms with van der Waals surface area (Å²) in [5.74, 6) is 0. The molecule has 0 saturated carbocycles. The SMILES string of the molecule is CC(C)(C)CC(C)(C)C(C)(C)C.CCCCOC(=O)NCCOC=O. The Balaban J connectivity index is 0. The molecule has 0 atom stereocenters. The highest BCUT2D eigenvalue weighted by Crippen LogP contribution is 2.45. The van der Waals surface area contributed by atoms with Gasteiger partial charge in [-0.15, -0.1) is 0 Å². The van der Waals surface area contributed by atoms with Crippen LogP contribution >= 0.6 is 0 Å². The maximum Gasteiger partial charge on any atom is 0.407 e. The minimum absolute atomic E-state index is 0.173. The molecule has 0 unspecified atom stereocenters. The molecule has 0 aromatic heterocycles. The van der Waals surface area contributed by atoms with E-state index in [1.54, 1.807) is 0 Å². The first kappa shape index (κ1) is 26.0. The number of carbonyl (C=O) groups is 2. The van der Waals surface area contributed by atoms with Gasteiger partial charge in [0.15, 0.2) is 0 Å². The Morgan fingerprint density at radius 1 is 1.00 bits per heavy atom. The summed E-state index contributed by atoms with van der Waals surface area (Å²) in [5.41, 5.74) is 1.27. The van der Waals surface area contributed by atoms with Gasteiger partial charge in [-0.25, -0.2) is 4.79 Å². The van der Waals surface area contributed by atoms with Crippen molar-refractivity contribution in [3.63, 3.8) is 0 Å². The maximum absolute atomic E-state index is 10.8. The molecule has 150 valence electrons. The largest absolute Gasteiger partial charge is 0.466 e. The summed E-state index contributed by atoms with van der Waals surface area (Å²) in [7, 11) is 0. The van der Waals surface area contributed by atoms with Crippen LogP contribution in [0.4, 0.5) is 4.79 Å². The fourth-order valence-electron chi connectivity index (χ4n) is 2.21. The minimum Gasteiger partial charge on any atom is -0.466 e. The standard InChI is InChI=1S/C12H26.C8H15NO4/c1-10(2,3)9-12(7,8)11(4,5)6;1-2-3-5-13-8(11)9-4-6-12-7-10/h9H2,1-8H3;7H,2-6H2,1H3,(H,9,11). The summed E-state index contributed by atoms with van der Waals surface area (Å²) in [6.45, 7) is 21.9. The van der Waals surface area contributed by atoms with Gasteiger partial charge >= 0.3 is 6.09 Å². The molecule has 0 fully saturated rings. The smallest absolute Gasteiger partial charge is 0.407 e. The van der Waals surface area contributed by atoms with Crippen LogP contribution in [0.3, 0.4) is 0 Å². The first-order chi connectivity index (χ1) is 11.3. The van der Waals surface area contributed by atoms with Crippen molar-refractivity contribution < 1.29 is 19.1 Å². The monoisotopic (exact) mass is 359 g/mol. The third kappa shape index (κ3) is 16.0. The summed E-state index contributed by atoms with van der Waals surface area (Å²) in [6.07, 6.45) is 2.66. The van der Waals surface area contributed by atoms with Crippen LogP contribution in [-0.2, 0) is 14.3 Å². The van der Waals surface area contributed by atoms with Crippen LogP contribution in [0.25, 0.3) is 0 Å². The highest BCUT2D eigenvalue weighted by Gasteiger charge is 2.35. The maximum atomic E-state index is 10.8. The number of hydrogen-bond donors (Lipinski definition) is 1. The number of hydrogen-bond acceptors (Lipinski definition) is 4. The number of rotatable bonds is 8. The van der Waals surface area contributed by atoms with Crippen molar-refractivity contribution in [2.75, 3.05) is 19.8 Å². The average molecular weight is 360 g/mol. The molecule has 0 aromatic carbocycles. The molecule has 5 nitrogen and oxygen atoms in total. The van der Waals surface area contributed by atoms with E-state index in [-0.39, 0.29) is 13.2 Å². The van der Waals surface area contributed by atoms with Crippen molar-refractivity contribution in [1.82, 2.24) is 5.32 Å². The van der Waals surface area contributed by atoms with Crippen molar-refractivity contribution in [3.8, 4) is 0 Å².